The molecule has 0 spiro atoms. The molecule has 0 atom stereocenters. The molecule has 0 bridgehead atoms. The van der Waals surface area contributed by atoms with Crippen molar-refractivity contribution in [2.24, 2.45) is 0 Å². The lowest BCUT2D eigenvalue weighted by Gasteiger charge is -2.22. The molecule has 24 heavy (non-hydrogen) atoms. The van der Waals surface area contributed by atoms with Crippen molar-refractivity contribution in [3.8, 4) is 11.5 Å². The summed E-state index contributed by atoms with van der Waals surface area (Å²) in [5, 5.41) is 21.9. The maximum atomic E-state index is 14.2. The van der Waals surface area contributed by atoms with Crippen molar-refractivity contribution in [1.29, 1.82) is 0 Å². The Morgan fingerprint density at radius 2 is 1.04 bits per heavy atom. The summed E-state index contributed by atoms with van der Waals surface area (Å²) in [6.45, 7) is 3.91. The van der Waals surface area contributed by atoms with Gasteiger partial charge >= 0.3 is 0 Å². The van der Waals surface area contributed by atoms with E-state index in [1.807, 2.05) is 38.1 Å². The first-order valence-electron chi connectivity index (χ1n) is 7.69. The fourth-order valence-corrected chi connectivity index (χ4v) is 5.51. The summed E-state index contributed by atoms with van der Waals surface area (Å²) >= 11 is 0. The van der Waals surface area contributed by atoms with Gasteiger partial charge < -0.3 is 14.8 Å². The first-order chi connectivity index (χ1) is 11.4. The van der Waals surface area contributed by atoms with E-state index in [0.717, 1.165) is 11.1 Å². The van der Waals surface area contributed by atoms with E-state index in [1.54, 1.807) is 24.3 Å². The summed E-state index contributed by atoms with van der Waals surface area (Å²) in [6.07, 6.45) is 0. The quantitative estimate of drug-likeness (QED) is 0.720. The van der Waals surface area contributed by atoms with Gasteiger partial charge in [-0.25, -0.2) is 0 Å². The third-order valence-electron chi connectivity index (χ3n) is 4.10. The highest BCUT2D eigenvalue weighted by Crippen LogP contribution is 2.47. The van der Waals surface area contributed by atoms with Crippen LogP contribution in [0.2, 0.25) is 0 Å². The smallest absolute Gasteiger partial charge is 0.178 e. The minimum atomic E-state index is -3.39. The van der Waals surface area contributed by atoms with Crippen LogP contribution in [0.15, 0.2) is 66.7 Å². The zero-order valence-corrected chi connectivity index (χ0v) is 14.5. The first kappa shape index (κ1) is 16.4. The first-order valence-corrected chi connectivity index (χ1v) is 9.39. The van der Waals surface area contributed by atoms with E-state index < -0.39 is 7.14 Å². The minimum Gasteiger partial charge on any atom is -0.507 e. The molecule has 3 aromatic carbocycles. The Morgan fingerprint density at radius 3 is 1.42 bits per heavy atom. The number of rotatable bonds is 3. The van der Waals surface area contributed by atoms with Crippen LogP contribution < -0.4 is 15.9 Å². The molecule has 0 aliphatic carbocycles. The molecule has 0 radical (unpaired) electrons. The van der Waals surface area contributed by atoms with E-state index in [9.17, 15) is 14.8 Å². The molecule has 0 saturated carbocycles. The maximum Gasteiger partial charge on any atom is 0.178 e. The second kappa shape index (κ2) is 6.18. The number of aromatic hydroxyl groups is 2. The van der Waals surface area contributed by atoms with Crippen LogP contribution in [-0.2, 0) is 4.57 Å². The van der Waals surface area contributed by atoms with Crippen LogP contribution in [0.4, 0.5) is 0 Å². The predicted octanol–water partition coefficient (Wildman–Crippen LogP) is 3.35. The third-order valence-corrected chi connectivity index (χ3v) is 7.24. The molecule has 122 valence electrons. The summed E-state index contributed by atoms with van der Waals surface area (Å²) in [6, 6.07) is 19.1. The number of phenols is 2. The molecule has 2 N–H and O–H groups in total. The Morgan fingerprint density at radius 1 is 0.667 bits per heavy atom. The minimum absolute atomic E-state index is 0.0812. The summed E-state index contributed by atoms with van der Waals surface area (Å²) < 4.78 is 14.2. The van der Waals surface area contributed by atoms with Gasteiger partial charge in [-0.3, -0.25) is 0 Å². The maximum absolute atomic E-state index is 14.2. The average molecular weight is 338 g/mol. The molecule has 3 rings (SSSR count). The zero-order chi connectivity index (χ0) is 17.3. The van der Waals surface area contributed by atoms with E-state index in [4.69, 9.17) is 0 Å². The SMILES string of the molecule is Cc1ccc(P(=O)(c2ccc(C)cc2)c2c(O)cccc2O)cc1. The third kappa shape index (κ3) is 2.72. The van der Waals surface area contributed by atoms with Crippen LogP contribution in [0.25, 0.3) is 0 Å². The Balaban J connectivity index is 2.35. The molecule has 0 heterocycles. The summed E-state index contributed by atoms with van der Waals surface area (Å²) in [4.78, 5) is 0. The van der Waals surface area contributed by atoms with Gasteiger partial charge in [-0.15, -0.1) is 0 Å². The lowest BCUT2D eigenvalue weighted by atomic mass is 10.2. The summed E-state index contributed by atoms with van der Waals surface area (Å²) in [7, 11) is -3.39. The molecule has 3 nitrogen and oxygen atoms in total. The van der Waals surface area contributed by atoms with Crippen LogP contribution >= 0.6 is 7.14 Å². The van der Waals surface area contributed by atoms with Crippen molar-refractivity contribution < 1.29 is 14.8 Å². The van der Waals surface area contributed by atoms with Crippen LogP contribution in [0, 0.1) is 13.8 Å². The number of benzene rings is 3. The Kier molecular flexibility index (Phi) is 4.21. The van der Waals surface area contributed by atoms with Crippen molar-refractivity contribution in [3.63, 3.8) is 0 Å². The molecule has 0 aliphatic heterocycles. The van der Waals surface area contributed by atoms with Crippen molar-refractivity contribution in [3.05, 3.63) is 77.9 Å². The van der Waals surface area contributed by atoms with E-state index in [-0.39, 0.29) is 16.8 Å². The molecular formula is C20H19O3P. The van der Waals surface area contributed by atoms with E-state index >= 15 is 0 Å². The van der Waals surface area contributed by atoms with E-state index in [1.165, 1.54) is 18.2 Å². The number of hydrogen-bond acceptors (Lipinski definition) is 3. The fraction of sp³-hybridized carbons (Fsp3) is 0.100. The van der Waals surface area contributed by atoms with Gasteiger partial charge in [-0.05, 0) is 26.0 Å². The number of aryl methyl sites for hydroxylation is 2. The highest BCUT2D eigenvalue weighted by molar-refractivity contribution is 7.85. The van der Waals surface area contributed by atoms with Crippen molar-refractivity contribution in [1.82, 2.24) is 0 Å². The molecule has 0 aromatic heterocycles. The number of phenolic OH excluding ortho intramolecular Hbond substituents is 2. The van der Waals surface area contributed by atoms with E-state index in [0.29, 0.717) is 10.6 Å². The Hall–Kier alpha value is -2.51. The number of hydrogen-bond donors (Lipinski definition) is 2. The van der Waals surface area contributed by atoms with Gasteiger partial charge in [0.1, 0.15) is 16.8 Å². The molecule has 0 amide bonds. The van der Waals surface area contributed by atoms with Gasteiger partial charge in [0.2, 0.25) is 0 Å². The average Bonchev–Trinajstić information content (AvgIpc) is 2.55. The van der Waals surface area contributed by atoms with Gasteiger partial charge in [0, 0.05) is 10.6 Å². The van der Waals surface area contributed by atoms with Gasteiger partial charge in [-0.1, -0.05) is 65.7 Å². The normalized spacial score (nSPS) is 11.4. The lowest BCUT2D eigenvalue weighted by Crippen LogP contribution is -2.25. The van der Waals surface area contributed by atoms with Crippen LogP contribution in [-0.4, -0.2) is 10.2 Å². The van der Waals surface area contributed by atoms with Gasteiger partial charge in [0.05, 0.1) is 0 Å². The van der Waals surface area contributed by atoms with Crippen LogP contribution in [0.3, 0.4) is 0 Å². The van der Waals surface area contributed by atoms with Crippen LogP contribution in [0.5, 0.6) is 11.5 Å². The molecule has 0 aliphatic rings. The second-order valence-electron chi connectivity index (χ2n) is 5.93. The lowest BCUT2D eigenvalue weighted by molar-refractivity contribution is 0.457. The standard InChI is InChI=1S/C20H19O3P/c1-14-6-10-16(11-7-14)24(23,17-12-8-15(2)9-13-17)20-18(21)4-3-5-19(20)22/h3-13,21-22H,1-2H3. The molecule has 3 aromatic rings. The fourth-order valence-electron chi connectivity index (χ4n) is 2.76. The summed E-state index contributed by atoms with van der Waals surface area (Å²) in [5.74, 6) is -0.334. The largest absolute Gasteiger partial charge is 0.507 e. The van der Waals surface area contributed by atoms with Gasteiger partial charge in [-0.2, -0.15) is 0 Å². The topological polar surface area (TPSA) is 57.5 Å². The summed E-state index contributed by atoms with van der Waals surface area (Å²) in [5.41, 5.74) is 2.10. The van der Waals surface area contributed by atoms with Gasteiger partial charge in [0.15, 0.2) is 7.14 Å². The molecule has 4 heteroatoms. The Labute approximate surface area is 141 Å². The highest BCUT2D eigenvalue weighted by Gasteiger charge is 2.34. The van der Waals surface area contributed by atoms with Crippen molar-refractivity contribution >= 4 is 23.1 Å². The molecule has 0 saturated heterocycles. The van der Waals surface area contributed by atoms with Gasteiger partial charge in [0.25, 0.3) is 0 Å². The van der Waals surface area contributed by atoms with Crippen LogP contribution in [0.1, 0.15) is 11.1 Å². The van der Waals surface area contributed by atoms with Crippen molar-refractivity contribution in [2.45, 2.75) is 13.8 Å². The zero-order valence-electron chi connectivity index (χ0n) is 13.6. The predicted molar refractivity (Wildman–Crippen MR) is 98.6 cm³/mol. The molecular weight excluding hydrogens is 319 g/mol. The molecule has 0 fully saturated rings. The monoisotopic (exact) mass is 338 g/mol. The van der Waals surface area contributed by atoms with E-state index in [2.05, 4.69) is 0 Å². The Bertz CT molecular complexity index is 843. The van der Waals surface area contributed by atoms with Crippen molar-refractivity contribution in [2.75, 3.05) is 0 Å². The highest BCUT2D eigenvalue weighted by atomic mass is 31.2. The second-order valence-corrected chi connectivity index (χ2v) is 8.62. The molecule has 0 unspecified atom stereocenters.